The van der Waals surface area contributed by atoms with E-state index in [0.29, 0.717) is 18.4 Å². The third kappa shape index (κ3) is 2.34. The summed E-state index contributed by atoms with van der Waals surface area (Å²) in [5, 5.41) is 20.5. The molecule has 5 nitrogen and oxygen atoms in total. The number of benzene rings is 1. The van der Waals surface area contributed by atoms with E-state index < -0.39 is 11.0 Å². The molecule has 0 spiro atoms. The van der Waals surface area contributed by atoms with Crippen molar-refractivity contribution in [1.82, 2.24) is 0 Å². The minimum atomic E-state index is -0.842. The Hall–Kier alpha value is -1.75. The molecule has 90 valence electrons. The summed E-state index contributed by atoms with van der Waals surface area (Å²) < 4.78 is 0. The molecule has 0 bridgehead atoms. The lowest BCUT2D eigenvalue weighted by molar-refractivity contribution is -0.384. The number of carbonyl (C=O) groups is 1. The van der Waals surface area contributed by atoms with Crippen molar-refractivity contribution < 1.29 is 14.8 Å². The quantitative estimate of drug-likeness (QED) is 0.641. The summed E-state index contributed by atoms with van der Waals surface area (Å²) >= 11 is 0. The van der Waals surface area contributed by atoms with Gasteiger partial charge in [-0.2, -0.15) is 0 Å². The maximum absolute atomic E-state index is 11.5. The lowest BCUT2D eigenvalue weighted by Crippen LogP contribution is -2.16. The molecule has 0 saturated heterocycles. The van der Waals surface area contributed by atoms with Crippen LogP contribution in [0.25, 0.3) is 0 Å². The number of aliphatic hydroxyl groups excluding tert-OH is 1. The number of hydrogen-bond acceptors (Lipinski definition) is 4. The van der Waals surface area contributed by atoms with E-state index in [0.717, 1.165) is 6.42 Å². The minimum Gasteiger partial charge on any atom is -0.388 e. The number of hydrogen-bond donors (Lipinski definition) is 1. The van der Waals surface area contributed by atoms with E-state index in [-0.39, 0.29) is 17.4 Å². The highest BCUT2D eigenvalue weighted by Crippen LogP contribution is 2.33. The number of ketones is 1. The standard InChI is InChI=1S/C12H13NO4/c14-11-3-1-2-10(11)12(15)8-4-6-9(7-5-8)13(16)17/h4-7,10,12,15H,1-3H2/t10-,12+/m0/s1. The molecule has 0 unspecified atom stereocenters. The van der Waals surface area contributed by atoms with Crippen molar-refractivity contribution in [3.05, 3.63) is 39.9 Å². The van der Waals surface area contributed by atoms with E-state index in [1.165, 1.54) is 24.3 Å². The van der Waals surface area contributed by atoms with Crippen LogP contribution in [0.5, 0.6) is 0 Å². The van der Waals surface area contributed by atoms with Crippen molar-refractivity contribution in [2.45, 2.75) is 25.4 Å². The first kappa shape index (κ1) is 11.7. The molecular formula is C12H13NO4. The van der Waals surface area contributed by atoms with E-state index in [9.17, 15) is 20.0 Å². The molecule has 17 heavy (non-hydrogen) atoms. The van der Waals surface area contributed by atoms with E-state index >= 15 is 0 Å². The summed E-state index contributed by atoms with van der Waals surface area (Å²) in [4.78, 5) is 21.5. The van der Waals surface area contributed by atoms with Crippen LogP contribution in [0.1, 0.15) is 30.9 Å². The SMILES string of the molecule is O=C1CCC[C@@H]1[C@H](O)c1ccc([N+](=O)[O-])cc1. The number of carbonyl (C=O) groups excluding carboxylic acids is 1. The van der Waals surface area contributed by atoms with Gasteiger partial charge in [0, 0.05) is 24.5 Å². The Labute approximate surface area is 98.2 Å². The van der Waals surface area contributed by atoms with Crippen molar-refractivity contribution in [1.29, 1.82) is 0 Å². The van der Waals surface area contributed by atoms with E-state index in [1.807, 2.05) is 0 Å². The molecule has 2 atom stereocenters. The first-order valence-corrected chi connectivity index (χ1v) is 5.54. The summed E-state index contributed by atoms with van der Waals surface area (Å²) in [5.41, 5.74) is 0.551. The molecule has 1 aliphatic rings. The topological polar surface area (TPSA) is 80.4 Å². The number of rotatable bonds is 3. The first-order valence-electron chi connectivity index (χ1n) is 5.54. The van der Waals surface area contributed by atoms with Crippen LogP contribution in [0.3, 0.4) is 0 Å². The van der Waals surface area contributed by atoms with Gasteiger partial charge in [-0.25, -0.2) is 0 Å². The molecule has 1 saturated carbocycles. The number of nitro benzene ring substituents is 1. The Morgan fingerprint density at radius 2 is 2.00 bits per heavy atom. The van der Waals surface area contributed by atoms with Gasteiger partial charge >= 0.3 is 0 Å². The van der Waals surface area contributed by atoms with Crippen molar-refractivity contribution in [3.63, 3.8) is 0 Å². The van der Waals surface area contributed by atoms with Gasteiger partial charge in [-0.3, -0.25) is 14.9 Å². The third-order valence-corrected chi connectivity index (χ3v) is 3.18. The predicted molar refractivity (Wildman–Crippen MR) is 60.4 cm³/mol. The molecule has 5 heteroatoms. The zero-order valence-corrected chi connectivity index (χ0v) is 9.20. The van der Waals surface area contributed by atoms with Crippen LogP contribution in [0.2, 0.25) is 0 Å². The van der Waals surface area contributed by atoms with Gasteiger partial charge in [0.05, 0.1) is 11.0 Å². The number of aliphatic hydroxyl groups is 1. The Balaban J connectivity index is 2.16. The van der Waals surface area contributed by atoms with Crippen molar-refractivity contribution >= 4 is 11.5 Å². The van der Waals surface area contributed by atoms with Gasteiger partial charge in [-0.05, 0) is 30.5 Å². The highest BCUT2D eigenvalue weighted by atomic mass is 16.6. The van der Waals surface area contributed by atoms with Crippen LogP contribution in [0, 0.1) is 16.0 Å². The Bertz CT molecular complexity index is 440. The summed E-state index contributed by atoms with van der Waals surface area (Å²) in [6, 6.07) is 5.71. The molecule has 0 radical (unpaired) electrons. The summed E-state index contributed by atoms with van der Waals surface area (Å²) in [6.45, 7) is 0. The van der Waals surface area contributed by atoms with Crippen molar-refractivity contribution in [2.75, 3.05) is 0 Å². The lowest BCUT2D eigenvalue weighted by Gasteiger charge is -2.16. The fourth-order valence-corrected chi connectivity index (χ4v) is 2.20. The normalized spacial score (nSPS) is 21.5. The minimum absolute atomic E-state index is 0.0151. The summed E-state index contributed by atoms with van der Waals surface area (Å²) in [7, 11) is 0. The molecule has 0 amide bonds. The summed E-state index contributed by atoms with van der Waals surface area (Å²) in [6.07, 6.45) is 1.19. The maximum Gasteiger partial charge on any atom is 0.269 e. The lowest BCUT2D eigenvalue weighted by atomic mass is 9.93. The molecule has 2 rings (SSSR count). The molecule has 1 fully saturated rings. The highest BCUT2D eigenvalue weighted by Gasteiger charge is 2.31. The fourth-order valence-electron chi connectivity index (χ4n) is 2.20. The van der Waals surface area contributed by atoms with Gasteiger partial charge in [-0.1, -0.05) is 0 Å². The molecular weight excluding hydrogens is 222 g/mol. The highest BCUT2D eigenvalue weighted by molar-refractivity contribution is 5.83. The number of nitrogens with zero attached hydrogens (tertiary/aromatic N) is 1. The smallest absolute Gasteiger partial charge is 0.269 e. The second kappa shape index (κ2) is 4.63. The zero-order chi connectivity index (χ0) is 12.4. The second-order valence-electron chi connectivity index (χ2n) is 4.26. The Morgan fingerprint density at radius 3 is 2.47 bits per heavy atom. The fraction of sp³-hybridized carbons (Fsp3) is 0.417. The number of non-ortho nitro benzene ring substituents is 1. The number of Topliss-reactive ketones (excluding diaryl/α,β-unsaturated/α-hetero) is 1. The first-order chi connectivity index (χ1) is 8.09. The Morgan fingerprint density at radius 1 is 1.35 bits per heavy atom. The van der Waals surface area contributed by atoms with Crippen LogP contribution in [0.4, 0.5) is 5.69 Å². The van der Waals surface area contributed by atoms with E-state index in [1.54, 1.807) is 0 Å². The van der Waals surface area contributed by atoms with Gasteiger partial charge in [0.25, 0.3) is 5.69 Å². The molecule has 0 aromatic heterocycles. The average molecular weight is 235 g/mol. The Kier molecular flexibility index (Phi) is 3.19. The zero-order valence-electron chi connectivity index (χ0n) is 9.20. The molecule has 1 aromatic rings. The largest absolute Gasteiger partial charge is 0.388 e. The molecule has 0 heterocycles. The van der Waals surface area contributed by atoms with E-state index in [2.05, 4.69) is 0 Å². The summed E-state index contributed by atoms with van der Waals surface area (Å²) in [5.74, 6) is -0.271. The predicted octanol–water partition coefficient (Wildman–Crippen LogP) is 2.00. The van der Waals surface area contributed by atoms with Crippen LogP contribution in [-0.2, 0) is 4.79 Å². The van der Waals surface area contributed by atoms with Crippen LogP contribution in [0.15, 0.2) is 24.3 Å². The van der Waals surface area contributed by atoms with Gasteiger partial charge in [0.1, 0.15) is 5.78 Å². The van der Waals surface area contributed by atoms with Gasteiger partial charge in [0.2, 0.25) is 0 Å². The number of nitro groups is 1. The van der Waals surface area contributed by atoms with Crippen LogP contribution >= 0.6 is 0 Å². The van der Waals surface area contributed by atoms with Crippen LogP contribution in [-0.4, -0.2) is 15.8 Å². The van der Waals surface area contributed by atoms with E-state index in [4.69, 9.17) is 0 Å². The molecule has 0 aliphatic heterocycles. The molecule has 1 aliphatic carbocycles. The van der Waals surface area contributed by atoms with Crippen molar-refractivity contribution in [2.24, 2.45) is 5.92 Å². The van der Waals surface area contributed by atoms with Gasteiger partial charge < -0.3 is 5.11 Å². The van der Waals surface area contributed by atoms with Crippen LogP contribution < -0.4 is 0 Å². The molecule has 1 aromatic carbocycles. The van der Waals surface area contributed by atoms with Gasteiger partial charge in [-0.15, -0.1) is 0 Å². The molecule has 1 N–H and O–H groups in total. The second-order valence-corrected chi connectivity index (χ2v) is 4.26. The maximum atomic E-state index is 11.5. The van der Waals surface area contributed by atoms with Crippen molar-refractivity contribution in [3.8, 4) is 0 Å². The third-order valence-electron chi connectivity index (χ3n) is 3.18. The van der Waals surface area contributed by atoms with Gasteiger partial charge in [0.15, 0.2) is 0 Å². The monoisotopic (exact) mass is 235 g/mol. The average Bonchev–Trinajstić information content (AvgIpc) is 2.74.